The minimum absolute atomic E-state index is 0.159. The zero-order valence-electron chi connectivity index (χ0n) is 10.5. The molecule has 0 fully saturated rings. The Kier molecular flexibility index (Phi) is 2.97. The molecule has 0 amide bonds. The van der Waals surface area contributed by atoms with Crippen LogP contribution in [0.1, 0.15) is 5.56 Å². The summed E-state index contributed by atoms with van der Waals surface area (Å²) in [5.41, 5.74) is 8.34. The summed E-state index contributed by atoms with van der Waals surface area (Å²) in [6.45, 7) is 1.89. The van der Waals surface area contributed by atoms with E-state index in [1.165, 1.54) is 10.6 Å². The van der Waals surface area contributed by atoms with Crippen molar-refractivity contribution in [2.24, 2.45) is 0 Å². The number of hydrogen-bond donors (Lipinski definition) is 1. The Labute approximate surface area is 122 Å². The van der Waals surface area contributed by atoms with Crippen molar-refractivity contribution in [3.05, 3.63) is 52.0 Å². The SMILES string of the molecule is Cc1cccc2nc(N)n(-c3cc(Br)c(F)cc3F)c12. The van der Waals surface area contributed by atoms with E-state index in [4.69, 9.17) is 5.73 Å². The van der Waals surface area contributed by atoms with E-state index in [9.17, 15) is 8.78 Å². The van der Waals surface area contributed by atoms with Gasteiger partial charge in [0.05, 0.1) is 21.2 Å². The first-order valence-corrected chi connectivity index (χ1v) is 6.67. The molecule has 0 aliphatic heterocycles. The van der Waals surface area contributed by atoms with Crippen LogP contribution in [0.25, 0.3) is 16.7 Å². The van der Waals surface area contributed by atoms with Gasteiger partial charge in [-0.1, -0.05) is 12.1 Å². The lowest BCUT2D eigenvalue weighted by molar-refractivity contribution is 0.574. The number of nitrogens with two attached hydrogens (primary N) is 1. The van der Waals surface area contributed by atoms with Crippen molar-refractivity contribution in [2.45, 2.75) is 6.92 Å². The van der Waals surface area contributed by atoms with Gasteiger partial charge in [-0.2, -0.15) is 0 Å². The lowest BCUT2D eigenvalue weighted by atomic mass is 10.2. The zero-order chi connectivity index (χ0) is 14.4. The highest BCUT2D eigenvalue weighted by molar-refractivity contribution is 9.10. The van der Waals surface area contributed by atoms with Crippen molar-refractivity contribution >= 4 is 32.9 Å². The van der Waals surface area contributed by atoms with Crippen molar-refractivity contribution in [3.8, 4) is 5.69 Å². The molecular formula is C14H10BrF2N3. The molecule has 0 radical (unpaired) electrons. The predicted molar refractivity (Wildman–Crippen MR) is 77.8 cm³/mol. The molecule has 0 spiro atoms. The van der Waals surface area contributed by atoms with Crippen LogP contribution in [0.4, 0.5) is 14.7 Å². The molecule has 0 atom stereocenters. The fourth-order valence-electron chi connectivity index (χ4n) is 2.24. The third-order valence-electron chi connectivity index (χ3n) is 3.13. The number of fused-ring (bicyclic) bond motifs is 1. The number of hydrogen-bond acceptors (Lipinski definition) is 2. The van der Waals surface area contributed by atoms with Gasteiger partial charge in [-0.25, -0.2) is 13.8 Å². The highest BCUT2D eigenvalue weighted by Crippen LogP contribution is 2.29. The van der Waals surface area contributed by atoms with Crippen LogP contribution in [0.5, 0.6) is 0 Å². The zero-order valence-corrected chi connectivity index (χ0v) is 12.1. The summed E-state index contributed by atoms with van der Waals surface area (Å²) >= 11 is 3.06. The average molecular weight is 338 g/mol. The molecule has 1 aromatic heterocycles. The van der Waals surface area contributed by atoms with Crippen LogP contribution in [0, 0.1) is 18.6 Å². The largest absolute Gasteiger partial charge is 0.369 e. The van der Waals surface area contributed by atoms with E-state index in [0.717, 1.165) is 11.6 Å². The van der Waals surface area contributed by atoms with Gasteiger partial charge in [-0.15, -0.1) is 0 Å². The quantitative estimate of drug-likeness (QED) is 0.683. The number of para-hydroxylation sites is 1. The molecule has 0 aliphatic carbocycles. The van der Waals surface area contributed by atoms with Crippen LogP contribution in [0.2, 0.25) is 0 Å². The second-order valence-corrected chi connectivity index (χ2v) is 5.32. The van der Waals surface area contributed by atoms with Crippen molar-refractivity contribution in [1.29, 1.82) is 0 Å². The third kappa shape index (κ3) is 1.87. The molecule has 0 bridgehead atoms. The molecule has 2 N–H and O–H groups in total. The first-order chi connectivity index (χ1) is 9.49. The molecule has 20 heavy (non-hydrogen) atoms. The van der Waals surface area contributed by atoms with Crippen molar-refractivity contribution in [3.63, 3.8) is 0 Å². The number of benzene rings is 2. The third-order valence-corrected chi connectivity index (χ3v) is 3.74. The topological polar surface area (TPSA) is 43.8 Å². The standard InChI is InChI=1S/C14H10BrF2N3/c1-7-3-2-4-11-13(7)20(14(18)19-11)12-5-8(15)9(16)6-10(12)17/h2-6H,1H3,(H2,18,19). The van der Waals surface area contributed by atoms with E-state index >= 15 is 0 Å². The normalized spacial score (nSPS) is 11.2. The molecule has 0 saturated carbocycles. The Balaban J connectivity index is 2.41. The van der Waals surface area contributed by atoms with E-state index in [-0.39, 0.29) is 16.1 Å². The molecule has 1 heterocycles. The number of aryl methyl sites for hydroxylation is 1. The van der Waals surface area contributed by atoms with Crippen LogP contribution in [0.15, 0.2) is 34.8 Å². The number of aromatic nitrogens is 2. The molecular weight excluding hydrogens is 328 g/mol. The second kappa shape index (κ2) is 4.56. The van der Waals surface area contributed by atoms with Crippen LogP contribution in [0.3, 0.4) is 0 Å². The van der Waals surface area contributed by atoms with E-state index in [1.54, 1.807) is 6.07 Å². The summed E-state index contributed by atoms with van der Waals surface area (Å²) in [5, 5.41) is 0. The van der Waals surface area contributed by atoms with Gasteiger partial charge < -0.3 is 5.73 Å². The highest BCUT2D eigenvalue weighted by atomic mass is 79.9. The molecule has 102 valence electrons. The van der Waals surface area contributed by atoms with E-state index in [0.29, 0.717) is 11.0 Å². The van der Waals surface area contributed by atoms with E-state index in [1.807, 2.05) is 19.1 Å². The second-order valence-electron chi connectivity index (χ2n) is 4.47. The van der Waals surface area contributed by atoms with Crippen molar-refractivity contribution in [2.75, 3.05) is 5.73 Å². The monoisotopic (exact) mass is 337 g/mol. The number of nitrogens with zero attached hydrogens (tertiary/aromatic N) is 2. The summed E-state index contributed by atoms with van der Waals surface area (Å²) in [6.07, 6.45) is 0. The first-order valence-electron chi connectivity index (χ1n) is 5.87. The Morgan fingerprint density at radius 1 is 1.20 bits per heavy atom. The summed E-state index contributed by atoms with van der Waals surface area (Å²) < 4.78 is 29.1. The van der Waals surface area contributed by atoms with Crippen LogP contribution < -0.4 is 5.73 Å². The maximum atomic E-state index is 14.1. The fraction of sp³-hybridized carbons (Fsp3) is 0.0714. The lowest BCUT2D eigenvalue weighted by Gasteiger charge is -2.10. The maximum absolute atomic E-state index is 14.1. The van der Waals surface area contributed by atoms with Gasteiger partial charge in [0.25, 0.3) is 0 Å². The number of anilines is 1. The number of imidazole rings is 1. The summed E-state index contributed by atoms with van der Waals surface area (Å²) in [6, 6.07) is 7.71. The molecule has 3 nitrogen and oxygen atoms in total. The molecule has 3 rings (SSSR count). The van der Waals surface area contributed by atoms with E-state index < -0.39 is 11.6 Å². The first kappa shape index (κ1) is 13.1. The minimum atomic E-state index is -0.694. The number of rotatable bonds is 1. The predicted octanol–water partition coefficient (Wildman–Crippen LogP) is 3.96. The lowest BCUT2D eigenvalue weighted by Crippen LogP contribution is -2.04. The smallest absolute Gasteiger partial charge is 0.206 e. The van der Waals surface area contributed by atoms with Crippen molar-refractivity contribution in [1.82, 2.24) is 9.55 Å². The van der Waals surface area contributed by atoms with Crippen LogP contribution in [-0.2, 0) is 0 Å². The van der Waals surface area contributed by atoms with E-state index in [2.05, 4.69) is 20.9 Å². The molecule has 0 aliphatic rings. The fourth-order valence-corrected chi connectivity index (χ4v) is 2.57. The van der Waals surface area contributed by atoms with Crippen LogP contribution >= 0.6 is 15.9 Å². The Morgan fingerprint density at radius 3 is 2.70 bits per heavy atom. The van der Waals surface area contributed by atoms with Gasteiger partial charge in [-0.3, -0.25) is 4.57 Å². The molecule has 3 aromatic rings. The molecule has 0 saturated heterocycles. The minimum Gasteiger partial charge on any atom is -0.369 e. The maximum Gasteiger partial charge on any atom is 0.206 e. The number of nitrogen functional groups attached to an aromatic ring is 1. The summed E-state index contributed by atoms with van der Waals surface area (Å²) in [7, 11) is 0. The van der Waals surface area contributed by atoms with Gasteiger partial charge in [0.1, 0.15) is 11.6 Å². The summed E-state index contributed by atoms with van der Waals surface area (Å²) in [5.74, 6) is -1.20. The molecule has 2 aromatic carbocycles. The molecule has 0 unspecified atom stereocenters. The van der Waals surface area contributed by atoms with Crippen molar-refractivity contribution < 1.29 is 8.78 Å². The van der Waals surface area contributed by atoms with Gasteiger partial charge in [-0.05, 0) is 40.5 Å². The summed E-state index contributed by atoms with van der Waals surface area (Å²) in [4.78, 5) is 4.21. The van der Waals surface area contributed by atoms with Gasteiger partial charge in [0, 0.05) is 6.07 Å². The number of halogens is 3. The van der Waals surface area contributed by atoms with Gasteiger partial charge >= 0.3 is 0 Å². The Hall–Kier alpha value is -1.95. The average Bonchev–Trinajstić information content (AvgIpc) is 2.71. The van der Waals surface area contributed by atoms with Crippen LogP contribution in [-0.4, -0.2) is 9.55 Å². The highest BCUT2D eigenvalue weighted by Gasteiger charge is 2.17. The Bertz CT molecular complexity index is 827. The molecule has 6 heteroatoms. The van der Waals surface area contributed by atoms with Gasteiger partial charge in [0.15, 0.2) is 0 Å². The Morgan fingerprint density at radius 2 is 1.95 bits per heavy atom. The van der Waals surface area contributed by atoms with Gasteiger partial charge in [0.2, 0.25) is 5.95 Å².